The van der Waals surface area contributed by atoms with Crippen LogP contribution < -0.4 is 0 Å². The van der Waals surface area contributed by atoms with Gasteiger partial charge in [0.05, 0.1) is 14.6 Å². The molecule has 2 rings (SSSR count). The molecule has 1 heterocycles. The van der Waals surface area contributed by atoms with Crippen molar-refractivity contribution in [3.63, 3.8) is 0 Å². The molecule has 0 amide bonds. The smallest absolute Gasteiger partial charge is 0.178 e. The second kappa shape index (κ2) is 5.26. The summed E-state index contributed by atoms with van der Waals surface area (Å²) in [5, 5.41) is 0. The van der Waals surface area contributed by atoms with E-state index in [-0.39, 0.29) is 5.82 Å². The van der Waals surface area contributed by atoms with Crippen molar-refractivity contribution >= 4 is 45.8 Å². The largest absolute Gasteiger partial charge is 0.331 e. The van der Waals surface area contributed by atoms with E-state index in [2.05, 4.69) is 16.8 Å². The Bertz CT molecular complexity index is 632. The summed E-state index contributed by atoms with van der Waals surface area (Å²) in [4.78, 5) is 5.24. The second-order valence-electron chi connectivity index (χ2n) is 4.64. The fraction of sp³-hybridized carbons (Fsp3) is 0.417. The third-order valence-corrected chi connectivity index (χ3v) is 4.29. The summed E-state index contributed by atoms with van der Waals surface area (Å²) in [5.41, 5.74) is 1.71. The summed E-state index contributed by atoms with van der Waals surface area (Å²) in [6.45, 7) is 2.86. The normalized spacial score (nSPS) is 13.4. The van der Waals surface area contributed by atoms with Crippen LogP contribution in [0.25, 0.3) is 11.0 Å². The Hall–Kier alpha value is -0.470. The van der Waals surface area contributed by atoms with E-state index in [0.717, 1.165) is 17.6 Å². The molecule has 0 aliphatic rings. The number of nitrogens with one attached hydrogen (secondary N) is 1. The zero-order chi connectivity index (χ0) is 13.4. The van der Waals surface area contributed by atoms with Crippen molar-refractivity contribution in [3.05, 3.63) is 26.3 Å². The molecule has 0 saturated carbocycles. The van der Waals surface area contributed by atoms with Crippen molar-refractivity contribution in [3.8, 4) is 0 Å². The Labute approximate surface area is 124 Å². The third-order valence-electron chi connectivity index (χ3n) is 3.14. The molecule has 0 fully saturated rings. The standard InChI is InChI=1S/C12H15FIN3S/c1-7(16(2)3)6-17-11-4-8(13)9(14)5-10(11)15-12(17)18/h4-5,7H,6H2,1-3H3,(H,15,18). The molecule has 1 N–H and O–H groups in total. The van der Waals surface area contributed by atoms with Crippen molar-refractivity contribution in [2.24, 2.45) is 0 Å². The quantitative estimate of drug-likeness (QED) is 0.653. The van der Waals surface area contributed by atoms with Gasteiger partial charge in [-0.15, -0.1) is 0 Å². The van der Waals surface area contributed by atoms with Crippen molar-refractivity contribution in [2.75, 3.05) is 14.1 Å². The molecule has 0 spiro atoms. The van der Waals surface area contributed by atoms with Gasteiger partial charge in [0.2, 0.25) is 0 Å². The number of benzene rings is 1. The topological polar surface area (TPSA) is 24.0 Å². The van der Waals surface area contributed by atoms with E-state index < -0.39 is 0 Å². The predicted octanol–water partition coefficient (Wildman–Crippen LogP) is 3.39. The van der Waals surface area contributed by atoms with Crippen molar-refractivity contribution < 1.29 is 4.39 Å². The first-order valence-corrected chi connectivity index (χ1v) is 7.13. The molecule has 1 aromatic heterocycles. The molecule has 1 aromatic carbocycles. The molecule has 6 heteroatoms. The lowest BCUT2D eigenvalue weighted by Crippen LogP contribution is -2.29. The van der Waals surface area contributed by atoms with Crippen LogP contribution in [0.5, 0.6) is 0 Å². The van der Waals surface area contributed by atoms with Gasteiger partial charge in [-0.05, 0) is 61.9 Å². The Morgan fingerprint density at radius 3 is 2.78 bits per heavy atom. The van der Waals surface area contributed by atoms with Crippen LogP contribution in [0.15, 0.2) is 12.1 Å². The van der Waals surface area contributed by atoms with E-state index in [0.29, 0.717) is 14.4 Å². The molecule has 0 bridgehead atoms. The lowest BCUT2D eigenvalue weighted by Gasteiger charge is -2.20. The van der Waals surface area contributed by atoms with E-state index in [4.69, 9.17) is 12.2 Å². The number of nitrogens with zero attached hydrogens (tertiary/aromatic N) is 2. The van der Waals surface area contributed by atoms with Crippen LogP contribution in [0.1, 0.15) is 6.92 Å². The SMILES string of the molecule is CC(Cn1c(=S)[nH]c2cc(I)c(F)cc21)N(C)C. The Balaban J connectivity index is 2.53. The number of aromatic nitrogens is 2. The molecule has 0 aliphatic heterocycles. The fourth-order valence-corrected chi connectivity index (χ4v) is 2.51. The van der Waals surface area contributed by atoms with Gasteiger partial charge in [0, 0.05) is 18.7 Å². The number of imidazole rings is 1. The van der Waals surface area contributed by atoms with Crippen LogP contribution in [0, 0.1) is 14.2 Å². The van der Waals surface area contributed by atoms with Crippen molar-refractivity contribution in [2.45, 2.75) is 19.5 Å². The zero-order valence-corrected chi connectivity index (χ0v) is 13.5. The highest BCUT2D eigenvalue weighted by atomic mass is 127. The Morgan fingerprint density at radius 2 is 2.17 bits per heavy atom. The van der Waals surface area contributed by atoms with Gasteiger partial charge in [0.25, 0.3) is 0 Å². The van der Waals surface area contributed by atoms with Gasteiger partial charge in [-0.1, -0.05) is 0 Å². The number of halogens is 2. The van der Waals surface area contributed by atoms with Crippen LogP contribution in [-0.2, 0) is 6.54 Å². The monoisotopic (exact) mass is 379 g/mol. The van der Waals surface area contributed by atoms with Crippen LogP contribution >= 0.6 is 34.8 Å². The molecule has 3 nitrogen and oxygen atoms in total. The maximum atomic E-state index is 13.7. The highest BCUT2D eigenvalue weighted by Gasteiger charge is 2.12. The minimum atomic E-state index is -0.205. The van der Waals surface area contributed by atoms with Gasteiger partial charge in [-0.25, -0.2) is 4.39 Å². The summed E-state index contributed by atoms with van der Waals surface area (Å²) in [6.07, 6.45) is 0. The number of likely N-dealkylation sites (N-methyl/N-ethyl adjacent to an activating group) is 1. The zero-order valence-electron chi connectivity index (χ0n) is 10.5. The van der Waals surface area contributed by atoms with Gasteiger partial charge < -0.3 is 14.5 Å². The van der Waals surface area contributed by atoms with Crippen LogP contribution in [0.2, 0.25) is 0 Å². The predicted molar refractivity (Wildman–Crippen MR) is 82.9 cm³/mol. The summed E-state index contributed by atoms with van der Waals surface area (Å²) >= 11 is 7.29. The number of hydrogen-bond acceptors (Lipinski definition) is 2. The molecular formula is C12H15FIN3S. The second-order valence-corrected chi connectivity index (χ2v) is 6.19. The van der Waals surface area contributed by atoms with Gasteiger partial charge >= 0.3 is 0 Å². The van der Waals surface area contributed by atoms with Gasteiger partial charge in [-0.3, -0.25) is 0 Å². The van der Waals surface area contributed by atoms with E-state index in [1.54, 1.807) is 12.1 Å². The lowest BCUT2D eigenvalue weighted by molar-refractivity contribution is 0.285. The average molecular weight is 379 g/mol. The highest BCUT2D eigenvalue weighted by molar-refractivity contribution is 14.1. The average Bonchev–Trinajstić information content (AvgIpc) is 2.56. The summed E-state index contributed by atoms with van der Waals surface area (Å²) in [5.74, 6) is -0.205. The van der Waals surface area contributed by atoms with Crippen molar-refractivity contribution in [1.82, 2.24) is 14.5 Å². The first kappa shape index (κ1) is 14.0. The van der Waals surface area contributed by atoms with Crippen LogP contribution in [0.4, 0.5) is 4.39 Å². The number of rotatable bonds is 3. The highest BCUT2D eigenvalue weighted by Crippen LogP contribution is 2.21. The lowest BCUT2D eigenvalue weighted by atomic mass is 10.2. The number of hydrogen-bond donors (Lipinski definition) is 1. The fourth-order valence-electron chi connectivity index (χ4n) is 1.76. The number of aromatic amines is 1. The number of H-pyrrole nitrogens is 1. The first-order chi connectivity index (χ1) is 8.40. The van der Waals surface area contributed by atoms with Gasteiger partial charge in [0.15, 0.2) is 4.77 Å². The molecule has 18 heavy (non-hydrogen) atoms. The van der Waals surface area contributed by atoms with E-state index in [1.807, 2.05) is 41.3 Å². The van der Waals surface area contributed by atoms with Crippen LogP contribution in [0.3, 0.4) is 0 Å². The number of fused-ring (bicyclic) bond motifs is 1. The summed E-state index contributed by atoms with van der Waals surface area (Å²) in [6, 6.07) is 3.67. The summed E-state index contributed by atoms with van der Waals surface area (Å²) < 4.78 is 16.8. The van der Waals surface area contributed by atoms with Crippen LogP contribution in [-0.4, -0.2) is 34.6 Å². The summed E-state index contributed by atoms with van der Waals surface area (Å²) in [7, 11) is 4.04. The molecule has 0 saturated heterocycles. The van der Waals surface area contributed by atoms with E-state index in [9.17, 15) is 4.39 Å². The first-order valence-electron chi connectivity index (χ1n) is 5.64. The van der Waals surface area contributed by atoms with Gasteiger partial charge in [0.1, 0.15) is 5.82 Å². The minimum absolute atomic E-state index is 0.205. The van der Waals surface area contributed by atoms with Gasteiger partial charge in [-0.2, -0.15) is 0 Å². The molecule has 0 aliphatic carbocycles. The molecule has 1 atom stereocenters. The molecule has 0 radical (unpaired) electrons. The molecule has 98 valence electrons. The minimum Gasteiger partial charge on any atom is -0.331 e. The van der Waals surface area contributed by atoms with Crippen molar-refractivity contribution in [1.29, 1.82) is 0 Å². The Morgan fingerprint density at radius 1 is 1.50 bits per heavy atom. The molecule has 1 unspecified atom stereocenters. The Kier molecular flexibility index (Phi) is 4.08. The molecule has 2 aromatic rings. The maximum absolute atomic E-state index is 13.7. The third kappa shape index (κ3) is 2.60. The van der Waals surface area contributed by atoms with E-state index in [1.165, 1.54) is 0 Å². The maximum Gasteiger partial charge on any atom is 0.178 e. The molecular weight excluding hydrogens is 364 g/mol. The van der Waals surface area contributed by atoms with E-state index >= 15 is 0 Å².